The van der Waals surface area contributed by atoms with Gasteiger partial charge in [0.15, 0.2) is 11.0 Å². The van der Waals surface area contributed by atoms with Crippen LogP contribution in [0.1, 0.15) is 5.56 Å². The van der Waals surface area contributed by atoms with E-state index in [-0.39, 0.29) is 0 Å². The molecule has 1 saturated heterocycles. The molecule has 1 aliphatic rings. The van der Waals surface area contributed by atoms with Gasteiger partial charge in [0.05, 0.1) is 5.69 Å². The molecule has 1 aliphatic heterocycles. The van der Waals surface area contributed by atoms with Crippen LogP contribution in [0.15, 0.2) is 70.6 Å². The van der Waals surface area contributed by atoms with Crippen molar-refractivity contribution in [2.45, 2.75) is 0 Å². The first-order valence-electron chi connectivity index (χ1n) is 6.93. The fourth-order valence-corrected chi connectivity index (χ4v) is 2.56. The molecule has 0 bridgehead atoms. The molecule has 0 amide bonds. The van der Waals surface area contributed by atoms with Gasteiger partial charge >= 0.3 is 0 Å². The number of benzene rings is 2. The average molecular weight is 295 g/mol. The first kappa shape index (κ1) is 13.9. The molecule has 0 N–H and O–H groups in total. The SMILES string of the molecule is CSC(=NC(=Nc1ccccc1)c1ccccc1)N1CC1. The van der Waals surface area contributed by atoms with E-state index in [0.29, 0.717) is 0 Å². The predicted molar refractivity (Wildman–Crippen MR) is 91.6 cm³/mol. The summed E-state index contributed by atoms with van der Waals surface area (Å²) in [5, 5.41) is 1.04. The Morgan fingerprint density at radius 2 is 1.57 bits per heavy atom. The lowest BCUT2D eigenvalue weighted by molar-refractivity contribution is 0.867. The van der Waals surface area contributed by atoms with E-state index in [9.17, 15) is 0 Å². The van der Waals surface area contributed by atoms with E-state index in [2.05, 4.69) is 11.2 Å². The molecule has 0 unspecified atom stereocenters. The van der Waals surface area contributed by atoms with Crippen LogP contribution in [0, 0.1) is 0 Å². The summed E-state index contributed by atoms with van der Waals surface area (Å²) >= 11 is 1.67. The fourth-order valence-electron chi connectivity index (χ4n) is 1.94. The summed E-state index contributed by atoms with van der Waals surface area (Å²) in [5.74, 6) is 0.762. The largest absolute Gasteiger partial charge is 0.348 e. The van der Waals surface area contributed by atoms with Crippen LogP contribution in [0.2, 0.25) is 0 Å². The highest BCUT2D eigenvalue weighted by atomic mass is 32.2. The van der Waals surface area contributed by atoms with Gasteiger partial charge in [-0.3, -0.25) is 0 Å². The molecule has 2 aromatic carbocycles. The van der Waals surface area contributed by atoms with Gasteiger partial charge < -0.3 is 4.90 Å². The summed E-state index contributed by atoms with van der Waals surface area (Å²) in [6, 6.07) is 20.1. The molecular weight excluding hydrogens is 278 g/mol. The van der Waals surface area contributed by atoms with Crippen molar-refractivity contribution in [1.29, 1.82) is 0 Å². The average Bonchev–Trinajstić information content (AvgIpc) is 3.38. The zero-order chi connectivity index (χ0) is 14.5. The maximum Gasteiger partial charge on any atom is 0.166 e. The third-order valence-corrected chi connectivity index (χ3v) is 3.84. The minimum Gasteiger partial charge on any atom is -0.348 e. The molecule has 4 heteroatoms. The summed E-state index contributed by atoms with van der Waals surface area (Å²) in [7, 11) is 0. The van der Waals surface area contributed by atoms with Crippen LogP contribution in [0.25, 0.3) is 0 Å². The highest BCUT2D eigenvalue weighted by molar-refractivity contribution is 8.13. The number of thioether (sulfide) groups is 1. The van der Waals surface area contributed by atoms with E-state index < -0.39 is 0 Å². The Kier molecular flexibility index (Phi) is 4.36. The van der Waals surface area contributed by atoms with Crippen LogP contribution in [-0.2, 0) is 0 Å². The molecule has 1 fully saturated rings. The Labute approximate surface area is 129 Å². The number of hydrogen-bond acceptors (Lipinski definition) is 2. The third-order valence-electron chi connectivity index (χ3n) is 3.13. The molecular formula is C17H17N3S. The van der Waals surface area contributed by atoms with Gasteiger partial charge in [0.25, 0.3) is 0 Å². The molecule has 3 nitrogen and oxygen atoms in total. The predicted octanol–water partition coefficient (Wildman–Crippen LogP) is 3.80. The number of para-hydroxylation sites is 1. The van der Waals surface area contributed by atoms with E-state index in [1.807, 2.05) is 60.7 Å². The van der Waals surface area contributed by atoms with Crippen molar-refractivity contribution in [3.05, 3.63) is 66.2 Å². The Bertz CT molecular complexity index is 646. The lowest BCUT2D eigenvalue weighted by Crippen LogP contribution is -2.09. The van der Waals surface area contributed by atoms with Crippen LogP contribution in [0.4, 0.5) is 5.69 Å². The summed E-state index contributed by atoms with van der Waals surface area (Å²) in [5.41, 5.74) is 1.96. The highest BCUT2D eigenvalue weighted by Gasteiger charge is 2.22. The van der Waals surface area contributed by atoms with Crippen LogP contribution in [0.3, 0.4) is 0 Å². The fraction of sp³-hybridized carbons (Fsp3) is 0.176. The van der Waals surface area contributed by atoms with Crippen molar-refractivity contribution >= 4 is 28.5 Å². The van der Waals surface area contributed by atoms with Gasteiger partial charge in [0, 0.05) is 18.7 Å². The second-order valence-electron chi connectivity index (χ2n) is 4.72. The van der Waals surface area contributed by atoms with E-state index >= 15 is 0 Å². The molecule has 21 heavy (non-hydrogen) atoms. The molecule has 2 aromatic rings. The minimum absolute atomic E-state index is 0.762. The lowest BCUT2D eigenvalue weighted by atomic mass is 10.2. The molecule has 0 radical (unpaired) electrons. The lowest BCUT2D eigenvalue weighted by Gasteiger charge is -2.07. The van der Waals surface area contributed by atoms with Gasteiger partial charge in [-0.25, -0.2) is 9.98 Å². The van der Waals surface area contributed by atoms with Crippen molar-refractivity contribution < 1.29 is 0 Å². The van der Waals surface area contributed by atoms with Crippen molar-refractivity contribution in [3.63, 3.8) is 0 Å². The second kappa shape index (κ2) is 6.59. The Balaban J connectivity index is 2.01. The Morgan fingerprint density at radius 1 is 0.952 bits per heavy atom. The maximum atomic E-state index is 4.78. The van der Waals surface area contributed by atoms with Gasteiger partial charge in [0.2, 0.25) is 0 Å². The monoisotopic (exact) mass is 295 g/mol. The summed E-state index contributed by atoms with van der Waals surface area (Å²) in [4.78, 5) is 11.7. The van der Waals surface area contributed by atoms with Gasteiger partial charge in [-0.1, -0.05) is 60.3 Å². The molecule has 0 aromatic heterocycles. The van der Waals surface area contributed by atoms with Crippen molar-refractivity contribution in [1.82, 2.24) is 4.90 Å². The topological polar surface area (TPSA) is 27.7 Å². The quantitative estimate of drug-likeness (QED) is 0.479. The second-order valence-corrected chi connectivity index (χ2v) is 5.50. The maximum absolute atomic E-state index is 4.78. The molecule has 0 aliphatic carbocycles. The normalized spacial score (nSPS) is 15.2. The van der Waals surface area contributed by atoms with Gasteiger partial charge in [-0.15, -0.1) is 0 Å². The zero-order valence-corrected chi connectivity index (χ0v) is 12.8. The smallest absolute Gasteiger partial charge is 0.166 e. The Hall–Kier alpha value is -2.07. The van der Waals surface area contributed by atoms with Crippen LogP contribution in [-0.4, -0.2) is 35.2 Å². The van der Waals surface area contributed by atoms with E-state index in [0.717, 1.165) is 35.3 Å². The number of amidine groups is 2. The van der Waals surface area contributed by atoms with Crippen LogP contribution in [0.5, 0.6) is 0 Å². The standard InChI is InChI=1S/C17H17N3S/c1-21-17(20-12-13-20)19-16(14-8-4-2-5-9-14)18-15-10-6-3-7-11-15/h2-11H,12-13H2,1H3. The van der Waals surface area contributed by atoms with E-state index in [1.165, 1.54) is 0 Å². The van der Waals surface area contributed by atoms with Gasteiger partial charge in [-0.05, 0) is 18.4 Å². The molecule has 3 rings (SSSR count). The van der Waals surface area contributed by atoms with Gasteiger partial charge in [0.1, 0.15) is 0 Å². The first-order chi connectivity index (χ1) is 10.4. The minimum atomic E-state index is 0.762. The third kappa shape index (κ3) is 3.73. The number of aliphatic imine (C=N–C) groups is 2. The highest BCUT2D eigenvalue weighted by Crippen LogP contribution is 2.18. The molecule has 0 spiro atoms. The first-order valence-corrected chi connectivity index (χ1v) is 8.16. The summed E-state index contributed by atoms with van der Waals surface area (Å²) < 4.78 is 0. The van der Waals surface area contributed by atoms with Gasteiger partial charge in [-0.2, -0.15) is 0 Å². The number of nitrogens with zero attached hydrogens (tertiary/aromatic N) is 3. The Morgan fingerprint density at radius 3 is 2.14 bits per heavy atom. The van der Waals surface area contributed by atoms with E-state index in [4.69, 9.17) is 9.98 Å². The van der Waals surface area contributed by atoms with Crippen molar-refractivity contribution in [2.75, 3.05) is 19.3 Å². The molecule has 1 heterocycles. The van der Waals surface area contributed by atoms with E-state index in [1.54, 1.807) is 11.8 Å². The number of hydrogen-bond donors (Lipinski definition) is 0. The summed E-state index contributed by atoms with van der Waals surface area (Å²) in [6.45, 7) is 2.18. The van der Waals surface area contributed by atoms with Crippen molar-refractivity contribution in [2.24, 2.45) is 9.98 Å². The number of rotatable bonds is 2. The molecule has 106 valence electrons. The van der Waals surface area contributed by atoms with Crippen molar-refractivity contribution in [3.8, 4) is 0 Å². The van der Waals surface area contributed by atoms with Crippen LogP contribution < -0.4 is 0 Å². The molecule has 0 atom stereocenters. The van der Waals surface area contributed by atoms with Crippen LogP contribution >= 0.6 is 11.8 Å². The zero-order valence-electron chi connectivity index (χ0n) is 11.9. The molecule has 0 saturated carbocycles. The summed E-state index contributed by atoms with van der Waals surface area (Å²) in [6.07, 6.45) is 2.06.